The third-order valence-corrected chi connectivity index (χ3v) is 7.54. The molecule has 0 bridgehead atoms. The molecule has 1 aliphatic rings. The molecule has 0 spiro atoms. The van der Waals surface area contributed by atoms with Gasteiger partial charge in [-0.1, -0.05) is 31.5 Å². The Morgan fingerprint density at radius 3 is 2.95 bits per heavy atom. The van der Waals surface area contributed by atoms with Gasteiger partial charge in [-0.3, -0.25) is 0 Å². The molecule has 3 nitrogen and oxygen atoms in total. The molecule has 1 fully saturated rings. The number of thiophene rings is 1. The summed E-state index contributed by atoms with van der Waals surface area (Å²) in [6.45, 7) is 2.81. The van der Waals surface area contributed by atoms with Crippen LogP contribution in [0.25, 0.3) is 10.1 Å². The zero-order valence-corrected chi connectivity index (χ0v) is 13.8. The van der Waals surface area contributed by atoms with Crippen molar-refractivity contribution in [3.63, 3.8) is 0 Å². The molecule has 0 radical (unpaired) electrons. The van der Waals surface area contributed by atoms with Crippen LogP contribution in [-0.4, -0.2) is 26.0 Å². The number of rotatable bonds is 4. The maximum atomic E-state index is 12.5. The number of fused-ring (bicyclic) bond motifs is 1. The monoisotopic (exact) mass is 323 g/mol. The lowest BCUT2D eigenvalue weighted by Gasteiger charge is -2.31. The number of sulfone groups is 1. The second-order valence-electron chi connectivity index (χ2n) is 5.62. The minimum Gasteiger partial charge on any atom is -0.309 e. The quantitative estimate of drug-likeness (QED) is 0.936. The molecule has 1 aliphatic heterocycles. The number of nitrogens with one attached hydrogen (secondary N) is 1. The molecule has 1 N–H and O–H groups in total. The van der Waals surface area contributed by atoms with Gasteiger partial charge in [0.25, 0.3) is 0 Å². The molecule has 0 saturated carbocycles. The summed E-state index contributed by atoms with van der Waals surface area (Å²) >= 11 is 1.70. The van der Waals surface area contributed by atoms with Crippen molar-refractivity contribution in [3.8, 4) is 0 Å². The molecule has 0 amide bonds. The lowest BCUT2D eigenvalue weighted by molar-refractivity contribution is 0.456. The molecular formula is C16H21NO2S2. The van der Waals surface area contributed by atoms with Crippen LogP contribution in [0.3, 0.4) is 0 Å². The van der Waals surface area contributed by atoms with E-state index in [-0.39, 0.29) is 11.3 Å². The first-order valence-corrected chi connectivity index (χ1v) is 10.1. The second kappa shape index (κ2) is 6.07. The van der Waals surface area contributed by atoms with Crippen LogP contribution in [0.2, 0.25) is 0 Å². The Balaban J connectivity index is 2.07. The standard InChI is InChI=1S/C16H21NO2S2/c1-2-17-15(14-8-3-4-11-21(14,18)19)13-7-5-6-12-9-10-20-16(12)13/h5-7,9-10,14-15,17H,2-4,8,11H2,1H3. The van der Waals surface area contributed by atoms with Gasteiger partial charge in [0.15, 0.2) is 9.84 Å². The maximum absolute atomic E-state index is 12.5. The van der Waals surface area contributed by atoms with Gasteiger partial charge < -0.3 is 5.32 Å². The van der Waals surface area contributed by atoms with E-state index in [0.717, 1.165) is 31.4 Å². The van der Waals surface area contributed by atoms with Gasteiger partial charge >= 0.3 is 0 Å². The minimum absolute atomic E-state index is 0.0948. The summed E-state index contributed by atoms with van der Waals surface area (Å²) < 4.78 is 26.2. The van der Waals surface area contributed by atoms with Crippen LogP contribution in [0.1, 0.15) is 37.8 Å². The Hall–Kier alpha value is -0.910. The van der Waals surface area contributed by atoms with E-state index < -0.39 is 9.84 Å². The van der Waals surface area contributed by atoms with E-state index >= 15 is 0 Å². The van der Waals surface area contributed by atoms with Crippen LogP contribution in [0.4, 0.5) is 0 Å². The molecule has 114 valence electrons. The zero-order valence-electron chi connectivity index (χ0n) is 12.2. The summed E-state index contributed by atoms with van der Waals surface area (Å²) in [5, 5.41) is 6.42. The van der Waals surface area contributed by atoms with E-state index in [9.17, 15) is 8.42 Å². The highest BCUT2D eigenvalue weighted by Gasteiger charge is 2.36. The van der Waals surface area contributed by atoms with E-state index in [4.69, 9.17) is 0 Å². The van der Waals surface area contributed by atoms with Crippen LogP contribution >= 0.6 is 11.3 Å². The molecule has 1 saturated heterocycles. The summed E-state index contributed by atoms with van der Waals surface area (Å²) in [6.07, 6.45) is 2.58. The topological polar surface area (TPSA) is 46.2 Å². The van der Waals surface area contributed by atoms with Crippen LogP contribution in [0.15, 0.2) is 29.6 Å². The van der Waals surface area contributed by atoms with Crippen molar-refractivity contribution in [3.05, 3.63) is 35.2 Å². The second-order valence-corrected chi connectivity index (χ2v) is 8.88. The minimum atomic E-state index is -3.00. The van der Waals surface area contributed by atoms with Gasteiger partial charge in [0.05, 0.1) is 17.0 Å². The van der Waals surface area contributed by atoms with Gasteiger partial charge in [0.2, 0.25) is 0 Å². The van der Waals surface area contributed by atoms with Crippen molar-refractivity contribution in [2.75, 3.05) is 12.3 Å². The lowest BCUT2D eigenvalue weighted by atomic mass is 9.98. The van der Waals surface area contributed by atoms with E-state index in [1.54, 1.807) is 11.3 Å². The van der Waals surface area contributed by atoms with Gasteiger partial charge in [0, 0.05) is 4.70 Å². The largest absolute Gasteiger partial charge is 0.309 e. The average Bonchev–Trinajstić information content (AvgIpc) is 2.93. The smallest absolute Gasteiger partial charge is 0.155 e. The number of hydrogen-bond acceptors (Lipinski definition) is 4. The first-order chi connectivity index (χ1) is 10.1. The highest BCUT2D eigenvalue weighted by atomic mass is 32.2. The highest BCUT2D eigenvalue weighted by molar-refractivity contribution is 7.92. The van der Waals surface area contributed by atoms with Gasteiger partial charge in [-0.05, 0) is 41.8 Å². The summed E-state index contributed by atoms with van der Waals surface area (Å²) in [5.41, 5.74) is 1.14. The molecule has 0 aliphatic carbocycles. The molecule has 1 aromatic heterocycles. The Kier molecular flexibility index (Phi) is 4.33. The van der Waals surface area contributed by atoms with Gasteiger partial charge in [-0.25, -0.2) is 8.42 Å². The molecule has 5 heteroatoms. The van der Waals surface area contributed by atoms with Crippen LogP contribution in [-0.2, 0) is 9.84 Å². The van der Waals surface area contributed by atoms with Gasteiger partial charge in [-0.2, -0.15) is 0 Å². The van der Waals surface area contributed by atoms with Crippen molar-refractivity contribution < 1.29 is 8.42 Å². The Bertz CT molecular complexity index is 721. The fraction of sp³-hybridized carbons (Fsp3) is 0.500. The fourth-order valence-corrected chi connectivity index (χ4v) is 6.32. The summed E-state index contributed by atoms with van der Waals surface area (Å²) in [7, 11) is -3.00. The third kappa shape index (κ3) is 2.87. The summed E-state index contributed by atoms with van der Waals surface area (Å²) in [5.74, 6) is 0.333. The van der Waals surface area contributed by atoms with E-state index in [1.165, 1.54) is 10.1 Å². The predicted octanol–water partition coefficient (Wildman–Crippen LogP) is 3.52. The summed E-state index contributed by atoms with van der Waals surface area (Å²) in [4.78, 5) is 0. The molecular weight excluding hydrogens is 302 g/mol. The van der Waals surface area contributed by atoms with Crippen LogP contribution < -0.4 is 5.32 Å². The van der Waals surface area contributed by atoms with Crippen LogP contribution in [0, 0.1) is 0 Å². The SMILES string of the molecule is CCNC(c1cccc2ccsc12)C1CCCCS1(=O)=O. The highest BCUT2D eigenvalue weighted by Crippen LogP contribution is 2.36. The molecule has 3 rings (SSSR count). The lowest BCUT2D eigenvalue weighted by Crippen LogP contribution is -2.40. The van der Waals surface area contributed by atoms with Gasteiger partial charge in [0.1, 0.15) is 0 Å². The predicted molar refractivity (Wildman–Crippen MR) is 89.7 cm³/mol. The Morgan fingerprint density at radius 2 is 2.19 bits per heavy atom. The molecule has 21 heavy (non-hydrogen) atoms. The normalized spacial score (nSPS) is 23.2. The van der Waals surface area contributed by atoms with E-state index in [1.807, 2.05) is 13.0 Å². The molecule has 1 aromatic carbocycles. The Morgan fingerprint density at radius 1 is 1.33 bits per heavy atom. The van der Waals surface area contributed by atoms with E-state index in [2.05, 4.69) is 28.9 Å². The average molecular weight is 323 g/mol. The molecule has 2 aromatic rings. The van der Waals surface area contributed by atoms with Crippen molar-refractivity contribution >= 4 is 31.3 Å². The Labute approximate surface area is 130 Å². The molecule has 2 atom stereocenters. The zero-order chi connectivity index (χ0) is 14.9. The van der Waals surface area contributed by atoms with Crippen molar-refractivity contribution in [1.82, 2.24) is 5.32 Å². The third-order valence-electron chi connectivity index (χ3n) is 4.27. The first kappa shape index (κ1) is 15.0. The fourth-order valence-electron chi connectivity index (χ4n) is 3.28. The maximum Gasteiger partial charge on any atom is 0.155 e. The van der Waals surface area contributed by atoms with Crippen LogP contribution in [0.5, 0.6) is 0 Å². The van der Waals surface area contributed by atoms with Crippen molar-refractivity contribution in [2.45, 2.75) is 37.5 Å². The number of hydrogen-bond donors (Lipinski definition) is 1. The molecule has 2 heterocycles. The van der Waals surface area contributed by atoms with E-state index in [0.29, 0.717) is 5.75 Å². The number of benzene rings is 1. The van der Waals surface area contributed by atoms with Crippen molar-refractivity contribution in [2.24, 2.45) is 0 Å². The first-order valence-electron chi connectivity index (χ1n) is 7.54. The van der Waals surface area contributed by atoms with Gasteiger partial charge in [-0.15, -0.1) is 11.3 Å². The summed E-state index contributed by atoms with van der Waals surface area (Å²) in [6, 6.07) is 8.21. The van der Waals surface area contributed by atoms with Crippen molar-refractivity contribution in [1.29, 1.82) is 0 Å². The molecule has 2 unspecified atom stereocenters.